The largest absolute Gasteiger partial charge is 0.489 e. The first-order valence-corrected chi connectivity index (χ1v) is 10.6. The average Bonchev–Trinajstić information content (AvgIpc) is 3.26. The van der Waals surface area contributed by atoms with Crippen LogP contribution < -0.4 is 9.46 Å². The van der Waals surface area contributed by atoms with Crippen molar-refractivity contribution in [3.8, 4) is 5.75 Å². The van der Waals surface area contributed by atoms with Crippen molar-refractivity contribution in [1.82, 2.24) is 14.8 Å². The molecule has 2 heterocycles. The lowest BCUT2D eigenvalue weighted by Crippen LogP contribution is -2.14. The van der Waals surface area contributed by atoms with Crippen LogP contribution in [0, 0.1) is 13.8 Å². The van der Waals surface area contributed by atoms with Crippen molar-refractivity contribution >= 4 is 26.6 Å². The van der Waals surface area contributed by atoms with Crippen molar-refractivity contribution in [3.63, 3.8) is 0 Å². The van der Waals surface area contributed by atoms with E-state index in [0.29, 0.717) is 18.0 Å². The summed E-state index contributed by atoms with van der Waals surface area (Å²) in [5.41, 5.74) is 3.80. The molecule has 0 amide bonds. The third-order valence-electron chi connectivity index (χ3n) is 4.91. The Labute approximate surface area is 169 Å². The fourth-order valence-electron chi connectivity index (χ4n) is 3.16. The number of hydrogen-bond acceptors (Lipinski definition) is 4. The minimum Gasteiger partial charge on any atom is -0.489 e. The smallest absolute Gasteiger partial charge is 0.262 e. The van der Waals surface area contributed by atoms with E-state index in [-0.39, 0.29) is 4.90 Å². The van der Waals surface area contributed by atoms with Gasteiger partial charge in [0.2, 0.25) is 0 Å². The van der Waals surface area contributed by atoms with E-state index in [4.69, 9.17) is 4.74 Å². The van der Waals surface area contributed by atoms with Gasteiger partial charge in [0.05, 0.1) is 22.0 Å². The highest BCUT2D eigenvalue weighted by Gasteiger charge is 2.19. The Balaban J connectivity index is 1.46. The first-order chi connectivity index (χ1) is 13.8. The van der Waals surface area contributed by atoms with Crippen molar-refractivity contribution in [2.45, 2.75) is 25.3 Å². The molecule has 2 aromatic heterocycles. The molecule has 0 aliphatic heterocycles. The normalized spacial score (nSPS) is 11.7. The molecule has 2 N–H and O–H groups in total. The first-order valence-electron chi connectivity index (χ1n) is 9.15. The van der Waals surface area contributed by atoms with Crippen LogP contribution in [-0.2, 0) is 23.7 Å². The van der Waals surface area contributed by atoms with E-state index in [1.54, 1.807) is 42.9 Å². The molecule has 0 aliphatic rings. The van der Waals surface area contributed by atoms with Gasteiger partial charge in [-0.1, -0.05) is 12.1 Å². The Hall–Kier alpha value is -3.26. The van der Waals surface area contributed by atoms with Crippen LogP contribution >= 0.6 is 0 Å². The van der Waals surface area contributed by atoms with Crippen LogP contribution in [0.3, 0.4) is 0 Å². The van der Waals surface area contributed by atoms with E-state index < -0.39 is 10.0 Å². The van der Waals surface area contributed by atoms with Crippen LogP contribution in [0.2, 0.25) is 0 Å². The molecule has 7 nitrogen and oxygen atoms in total. The van der Waals surface area contributed by atoms with Crippen molar-refractivity contribution < 1.29 is 13.2 Å². The molecule has 0 atom stereocenters. The van der Waals surface area contributed by atoms with Gasteiger partial charge in [-0.2, -0.15) is 5.10 Å². The summed E-state index contributed by atoms with van der Waals surface area (Å²) < 4.78 is 35.6. The highest BCUT2D eigenvalue weighted by atomic mass is 32.2. The van der Waals surface area contributed by atoms with Gasteiger partial charge < -0.3 is 9.72 Å². The molecular weight excluding hydrogens is 388 g/mol. The third kappa shape index (κ3) is 3.84. The minimum absolute atomic E-state index is 0.191. The van der Waals surface area contributed by atoms with Gasteiger partial charge in [0, 0.05) is 24.8 Å². The second kappa shape index (κ2) is 7.29. The molecule has 8 heteroatoms. The topological polar surface area (TPSA) is 89.0 Å². The number of benzene rings is 2. The second-order valence-corrected chi connectivity index (χ2v) is 8.62. The third-order valence-corrected chi connectivity index (χ3v) is 6.28. The number of hydrogen-bond donors (Lipinski definition) is 2. The number of aromatic amines is 1. The Morgan fingerprint density at radius 1 is 1.10 bits per heavy atom. The lowest BCUT2D eigenvalue weighted by molar-refractivity contribution is 0.306. The molecule has 2 aromatic carbocycles. The summed E-state index contributed by atoms with van der Waals surface area (Å²) in [7, 11) is -1.91. The number of H-pyrrole nitrogens is 1. The zero-order valence-electron chi connectivity index (χ0n) is 16.4. The molecule has 150 valence electrons. The molecule has 0 bridgehead atoms. The summed E-state index contributed by atoms with van der Waals surface area (Å²) in [6.45, 7) is 3.94. The molecule has 0 radical (unpaired) electrons. The number of nitrogens with one attached hydrogen (secondary N) is 2. The summed E-state index contributed by atoms with van der Waals surface area (Å²) >= 11 is 0. The van der Waals surface area contributed by atoms with Crippen LogP contribution in [0.4, 0.5) is 5.69 Å². The van der Waals surface area contributed by atoms with Gasteiger partial charge in [-0.3, -0.25) is 9.40 Å². The van der Waals surface area contributed by atoms with Crippen LogP contribution in [0.15, 0.2) is 59.6 Å². The summed E-state index contributed by atoms with van der Waals surface area (Å²) in [6, 6.07) is 14.5. The summed E-state index contributed by atoms with van der Waals surface area (Å²) in [6.07, 6.45) is 1.89. The number of aromatic nitrogens is 3. The van der Waals surface area contributed by atoms with E-state index in [0.717, 1.165) is 27.9 Å². The van der Waals surface area contributed by atoms with E-state index >= 15 is 0 Å². The Morgan fingerprint density at radius 2 is 1.86 bits per heavy atom. The number of aryl methyl sites for hydroxylation is 2. The molecule has 29 heavy (non-hydrogen) atoms. The van der Waals surface area contributed by atoms with E-state index in [1.165, 1.54) is 0 Å². The first kappa shape index (κ1) is 19.1. The number of anilines is 1. The highest BCUT2D eigenvalue weighted by molar-refractivity contribution is 7.92. The monoisotopic (exact) mass is 410 g/mol. The zero-order chi connectivity index (χ0) is 20.6. The fraction of sp³-hybridized carbons (Fsp3) is 0.190. The number of ether oxygens (including phenoxy) is 1. The van der Waals surface area contributed by atoms with E-state index in [1.807, 2.05) is 37.4 Å². The van der Waals surface area contributed by atoms with Crippen LogP contribution in [-0.4, -0.2) is 23.2 Å². The minimum atomic E-state index is -3.70. The maximum atomic E-state index is 12.7. The molecule has 4 aromatic rings. The van der Waals surface area contributed by atoms with Crippen LogP contribution in [0.5, 0.6) is 5.75 Å². The molecule has 0 fully saturated rings. The second-order valence-electron chi connectivity index (χ2n) is 6.93. The maximum Gasteiger partial charge on any atom is 0.262 e. The summed E-state index contributed by atoms with van der Waals surface area (Å²) in [5.74, 6) is 0.751. The lowest BCUT2D eigenvalue weighted by Gasteiger charge is -2.10. The van der Waals surface area contributed by atoms with Crippen LogP contribution in [0.1, 0.15) is 17.0 Å². The van der Waals surface area contributed by atoms with Crippen molar-refractivity contribution in [2.75, 3.05) is 4.72 Å². The predicted molar refractivity (Wildman–Crippen MR) is 113 cm³/mol. The van der Waals surface area contributed by atoms with Crippen molar-refractivity contribution in [3.05, 3.63) is 71.7 Å². The Morgan fingerprint density at radius 3 is 2.55 bits per heavy atom. The molecule has 0 saturated carbocycles. The maximum absolute atomic E-state index is 12.7. The fourth-order valence-corrected chi connectivity index (χ4v) is 4.34. The molecular formula is C21H22N4O3S. The molecule has 0 unspecified atom stereocenters. The Kier molecular flexibility index (Phi) is 4.79. The van der Waals surface area contributed by atoms with Gasteiger partial charge in [0.15, 0.2) is 0 Å². The van der Waals surface area contributed by atoms with Crippen LogP contribution in [0.25, 0.3) is 10.9 Å². The number of rotatable bonds is 6. The highest BCUT2D eigenvalue weighted by Crippen LogP contribution is 2.24. The summed E-state index contributed by atoms with van der Waals surface area (Å²) in [4.78, 5) is 3.34. The molecule has 0 spiro atoms. The van der Waals surface area contributed by atoms with Gasteiger partial charge in [0.1, 0.15) is 12.4 Å². The number of nitrogens with zero attached hydrogens (tertiary/aromatic N) is 2. The predicted octanol–water partition coefficient (Wildman–Crippen LogP) is 3.90. The standard InChI is InChI=1S/C21H22N4O3S/c1-14-21(15(2)25(3)23-14)24-29(26,27)19-8-4-16(5-9-19)13-28-18-7-6-17-10-11-22-20(17)12-18/h4-12,22,24H,13H2,1-3H3. The quantitative estimate of drug-likeness (QED) is 0.505. The molecule has 0 aliphatic carbocycles. The number of fused-ring (bicyclic) bond motifs is 1. The van der Waals surface area contributed by atoms with Gasteiger partial charge in [-0.05, 0) is 55.1 Å². The molecule has 4 rings (SSSR count). The zero-order valence-corrected chi connectivity index (χ0v) is 17.2. The van der Waals surface area contributed by atoms with E-state index in [2.05, 4.69) is 14.8 Å². The number of sulfonamides is 1. The lowest BCUT2D eigenvalue weighted by atomic mass is 10.2. The van der Waals surface area contributed by atoms with Crippen molar-refractivity contribution in [1.29, 1.82) is 0 Å². The van der Waals surface area contributed by atoms with Gasteiger partial charge in [-0.25, -0.2) is 8.42 Å². The van der Waals surface area contributed by atoms with Gasteiger partial charge in [0.25, 0.3) is 10.0 Å². The molecule has 0 saturated heterocycles. The van der Waals surface area contributed by atoms with Gasteiger partial charge in [-0.15, -0.1) is 0 Å². The van der Waals surface area contributed by atoms with E-state index in [9.17, 15) is 8.42 Å². The SMILES string of the molecule is Cc1nn(C)c(C)c1NS(=O)(=O)c1ccc(COc2ccc3cc[nH]c3c2)cc1. The summed E-state index contributed by atoms with van der Waals surface area (Å²) in [5, 5.41) is 5.37. The average molecular weight is 410 g/mol. The Bertz CT molecular complexity index is 1270. The van der Waals surface area contributed by atoms with Gasteiger partial charge >= 0.3 is 0 Å². The van der Waals surface area contributed by atoms with Crippen molar-refractivity contribution in [2.24, 2.45) is 7.05 Å².